The van der Waals surface area contributed by atoms with Crippen LogP contribution in [0.5, 0.6) is 11.5 Å². The number of carbonyl (C=O) groups is 1. The van der Waals surface area contributed by atoms with Gasteiger partial charge in [0.2, 0.25) is 0 Å². The highest BCUT2D eigenvalue weighted by molar-refractivity contribution is 5.96. The quantitative estimate of drug-likeness (QED) is 0.693. The number of halogens is 4. The van der Waals surface area contributed by atoms with Gasteiger partial charge in [0.25, 0.3) is 5.91 Å². The van der Waals surface area contributed by atoms with Crippen LogP contribution < -0.4 is 10.1 Å². The number of nitrogens with one attached hydrogen (secondary N) is 1. The molecule has 1 aliphatic heterocycles. The summed E-state index contributed by atoms with van der Waals surface area (Å²) in [5.74, 6) is -1.51. The molecule has 2 aromatic heterocycles. The minimum absolute atomic E-state index is 0.0979. The summed E-state index contributed by atoms with van der Waals surface area (Å²) in [7, 11) is 0. The second-order valence-corrected chi connectivity index (χ2v) is 6.08. The first kappa shape index (κ1) is 18.0. The van der Waals surface area contributed by atoms with Crippen molar-refractivity contribution >= 4 is 5.91 Å². The highest BCUT2D eigenvalue weighted by Crippen LogP contribution is 2.34. The summed E-state index contributed by atoms with van der Waals surface area (Å²) >= 11 is 0. The average Bonchev–Trinajstić information content (AvgIpc) is 3.06. The first-order chi connectivity index (χ1) is 13.3. The molecule has 0 aliphatic carbocycles. The lowest BCUT2D eigenvalue weighted by Gasteiger charge is -2.15. The molecule has 0 spiro atoms. The number of ether oxygens (including phenoxy) is 1. The van der Waals surface area contributed by atoms with Crippen LogP contribution in [-0.2, 0) is 12.6 Å². The number of hydrogen-bond donors (Lipinski definition) is 1. The van der Waals surface area contributed by atoms with E-state index in [1.165, 1.54) is 29.3 Å². The Labute approximate surface area is 155 Å². The van der Waals surface area contributed by atoms with E-state index in [0.29, 0.717) is 42.0 Å². The van der Waals surface area contributed by atoms with Gasteiger partial charge in [-0.2, -0.15) is 18.3 Å². The van der Waals surface area contributed by atoms with Gasteiger partial charge < -0.3 is 10.1 Å². The fourth-order valence-corrected chi connectivity index (χ4v) is 2.92. The van der Waals surface area contributed by atoms with Crippen LogP contribution in [0.3, 0.4) is 0 Å². The van der Waals surface area contributed by atoms with Crippen molar-refractivity contribution in [2.24, 2.45) is 0 Å². The molecule has 0 bridgehead atoms. The molecular weight excluding hydrogens is 380 g/mol. The minimum Gasteiger partial charge on any atom is -0.456 e. The summed E-state index contributed by atoms with van der Waals surface area (Å²) in [5.41, 5.74) is 0.435. The van der Waals surface area contributed by atoms with Gasteiger partial charge >= 0.3 is 6.18 Å². The smallest absolute Gasteiger partial charge is 0.416 e. The first-order valence-electron chi connectivity index (χ1n) is 8.17. The van der Waals surface area contributed by atoms with Gasteiger partial charge in [0.15, 0.2) is 0 Å². The Bertz CT molecular complexity index is 1060. The number of rotatable bonds is 3. The van der Waals surface area contributed by atoms with E-state index >= 15 is 0 Å². The van der Waals surface area contributed by atoms with E-state index in [1.54, 1.807) is 0 Å². The van der Waals surface area contributed by atoms with Crippen molar-refractivity contribution < 1.29 is 27.1 Å². The number of alkyl halides is 3. The normalized spacial score (nSPS) is 13.8. The lowest BCUT2D eigenvalue weighted by molar-refractivity contribution is -0.137. The number of benzene rings is 1. The van der Waals surface area contributed by atoms with Crippen LogP contribution in [0.4, 0.5) is 17.6 Å². The van der Waals surface area contributed by atoms with Crippen LogP contribution in [0.1, 0.15) is 21.6 Å². The molecule has 1 aliphatic rings. The van der Waals surface area contributed by atoms with Crippen LogP contribution in [0.2, 0.25) is 0 Å². The predicted octanol–water partition coefficient (Wildman–Crippen LogP) is 3.50. The first-order valence-corrected chi connectivity index (χ1v) is 8.17. The van der Waals surface area contributed by atoms with E-state index in [1.807, 2.05) is 0 Å². The Morgan fingerprint density at radius 2 is 1.89 bits per heavy atom. The van der Waals surface area contributed by atoms with Gasteiger partial charge in [-0.3, -0.25) is 9.78 Å². The minimum atomic E-state index is -4.70. The number of carbonyl (C=O) groups excluding carboxylic acids is 1. The summed E-state index contributed by atoms with van der Waals surface area (Å²) in [6.07, 6.45) is 0.0449. The summed E-state index contributed by atoms with van der Waals surface area (Å²) in [6, 6.07) is 3.44. The zero-order valence-electron chi connectivity index (χ0n) is 14.1. The molecule has 6 nitrogen and oxygen atoms in total. The lowest BCUT2D eigenvalue weighted by atomic mass is 10.1. The third-order valence-corrected chi connectivity index (χ3v) is 4.14. The molecular formula is C18H12F4N4O2. The second kappa shape index (κ2) is 6.63. The largest absolute Gasteiger partial charge is 0.456 e. The average molecular weight is 392 g/mol. The fraction of sp³-hybridized carbons (Fsp3) is 0.167. The van der Waals surface area contributed by atoms with Crippen molar-refractivity contribution in [3.63, 3.8) is 0 Å². The van der Waals surface area contributed by atoms with E-state index in [4.69, 9.17) is 4.74 Å². The summed E-state index contributed by atoms with van der Waals surface area (Å²) in [6.45, 7) is 0.463. The maximum atomic E-state index is 13.5. The molecule has 3 aromatic rings. The van der Waals surface area contributed by atoms with Gasteiger partial charge in [-0.05, 0) is 12.1 Å². The molecule has 0 saturated heterocycles. The SMILES string of the molecule is O=C1NCCc2c1cnn2-c1cncc(Oc2cc(F)cc(C(F)(F)F)c2)c1. The van der Waals surface area contributed by atoms with Crippen molar-refractivity contribution in [2.75, 3.05) is 6.54 Å². The van der Waals surface area contributed by atoms with Gasteiger partial charge in [0.1, 0.15) is 17.3 Å². The summed E-state index contributed by atoms with van der Waals surface area (Å²) in [5, 5.41) is 6.89. The molecule has 0 unspecified atom stereocenters. The number of nitrogens with zero attached hydrogens (tertiary/aromatic N) is 3. The molecule has 1 amide bonds. The number of pyridine rings is 1. The standard InChI is InChI=1S/C18H12F4N4O2/c19-11-3-10(18(20,21)22)4-13(5-11)28-14-6-12(7-23-8-14)26-16-1-2-24-17(27)15(16)9-25-26/h3-9H,1-2H2,(H,24,27). The Kier molecular flexibility index (Phi) is 4.25. The van der Waals surface area contributed by atoms with E-state index in [-0.39, 0.29) is 17.4 Å². The third-order valence-electron chi connectivity index (χ3n) is 4.14. The van der Waals surface area contributed by atoms with Crippen LogP contribution >= 0.6 is 0 Å². The van der Waals surface area contributed by atoms with Gasteiger partial charge in [-0.15, -0.1) is 0 Å². The highest BCUT2D eigenvalue weighted by atomic mass is 19.4. The highest BCUT2D eigenvalue weighted by Gasteiger charge is 2.31. The number of aromatic nitrogens is 3. The number of hydrogen-bond acceptors (Lipinski definition) is 4. The topological polar surface area (TPSA) is 69.0 Å². The van der Waals surface area contributed by atoms with Crippen molar-refractivity contribution in [1.29, 1.82) is 0 Å². The summed E-state index contributed by atoms with van der Waals surface area (Å²) in [4.78, 5) is 15.8. The van der Waals surface area contributed by atoms with Crippen LogP contribution in [0.15, 0.2) is 42.9 Å². The maximum absolute atomic E-state index is 13.5. The molecule has 0 saturated carbocycles. The van der Waals surface area contributed by atoms with Crippen molar-refractivity contribution in [3.8, 4) is 17.2 Å². The van der Waals surface area contributed by atoms with Crippen molar-refractivity contribution in [2.45, 2.75) is 12.6 Å². The molecule has 3 heterocycles. The molecule has 4 rings (SSSR count). The van der Waals surface area contributed by atoms with Gasteiger partial charge in [0, 0.05) is 25.1 Å². The van der Waals surface area contributed by atoms with E-state index in [2.05, 4.69) is 15.4 Å². The molecule has 0 atom stereocenters. The predicted molar refractivity (Wildman–Crippen MR) is 88.9 cm³/mol. The van der Waals surface area contributed by atoms with Crippen LogP contribution in [0.25, 0.3) is 5.69 Å². The van der Waals surface area contributed by atoms with E-state index in [9.17, 15) is 22.4 Å². The van der Waals surface area contributed by atoms with Crippen LogP contribution in [-0.4, -0.2) is 27.2 Å². The zero-order chi connectivity index (χ0) is 19.9. The molecule has 144 valence electrons. The van der Waals surface area contributed by atoms with Gasteiger partial charge in [0.05, 0.1) is 41.1 Å². The van der Waals surface area contributed by atoms with Crippen LogP contribution in [0, 0.1) is 5.82 Å². The molecule has 1 N–H and O–H groups in total. The van der Waals surface area contributed by atoms with Gasteiger partial charge in [-0.1, -0.05) is 0 Å². The van der Waals surface area contributed by atoms with Gasteiger partial charge in [-0.25, -0.2) is 9.07 Å². The van der Waals surface area contributed by atoms with E-state index in [0.717, 1.165) is 6.07 Å². The summed E-state index contributed by atoms with van der Waals surface area (Å²) < 4.78 is 59.0. The molecule has 10 heteroatoms. The lowest BCUT2D eigenvalue weighted by Crippen LogP contribution is -2.32. The van der Waals surface area contributed by atoms with Crippen molar-refractivity contribution in [3.05, 3.63) is 65.5 Å². The maximum Gasteiger partial charge on any atom is 0.416 e. The molecule has 0 radical (unpaired) electrons. The fourth-order valence-electron chi connectivity index (χ4n) is 2.92. The zero-order valence-corrected chi connectivity index (χ0v) is 14.1. The Balaban J connectivity index is 1.66. The second-order valence-electron chi connectivity index (χ2n) is 6.08. The Morgan fingerprint density at radius 1 is 1.07 bits per heavy atom. The monoisotopic (exact) mass is 392 g/mol. The molecule has 1 aromatic carbocycles. The number of amides is 1. The molecule has 28 heavy (non-hydrogen) atoms. The molecule has 0 fully saturated rings. The number of fused-ring (bicyclic) bond motifs is 1. The Hall–Kier alpha value is -3.43. The van der Waals surface area contributed by atoms with E-state index < -0.39 is 17.6 Å². The Morgan fingerprint density at radius 3 is 2.68 bits per heavy atom. The van der Waals surface area contributed by atoms with Crippen molar-refractivity contribution in [1.82, 2.24) is 20.1 Å². The third kappa shape index (κ3) is 3.40.